The number of nitrogens with one attached hydrogen (secondary N) is 1. The van der Waals surface area contributed by atoms with Gasteiger partial charge in [0, 0.05) is 30.3 Å². The van der Waals surface area contributed by atoms with Gasteiger partial charge in [-0.3, -0.25) is 9.59 Å². The molecule has 2 aromatic rings. The zero-order valence-corrected chi connectivity index (χ0v) is 16.9. The van der Waals surface area contributed by atoms with Crippen molar-refractivity contribution >= 4 is 11.8 Å². The highest BCUT2D eigenvalue weighted by atomic mass is 16.5. The predicted molar refractivity (Wildman–Crippen MR) is 112 cm³/mol. The first-order valence-corrected chi connectivity index (χ1v) is 9.95. The number of hydrogen-bond acceptors (Lipinski definition) is 5. The fourth-order valence-electron chi connectivity index (χ4n) is 4.38. The zero-order chi connectivity index (χ0) is 21.3. The van der Waals surface area contributed by atoms with Gasteiger partial charge in [0.05, 0.1) is 17.6 Å². The predicted octanol–water partition coefficient (Wildman–Crippen LogP) is 4.50. The van der Waals surface area contributed by atoms with Gasteiger partial charge in [0.2, 0.25) is 0 Å². The summed E-state index contributed by atoms with van der Waals surface area (Å²) in [6.07, 6.45) is 1.15. The monoisotopic (exact) mass is 398 g/mol. The topological polar surface area (TPSA) is 79.2 Å². The van der Waals surface area contributed by atoms with Crippen molar-refractivity contribution in [3.63, 3.8) is 0 Å². The van der Waals surface area contributed by atoms with Gasteiger partial charge in [0.25, 0.3) is 0 Å². The lowest BCUT2D eigenvalue weighted by atomic mass is 9.72. The molecule has 0 spiro atoms. The van der Waals surface area contributed by atoms with Crippen molar-refractivity contribution < 1.29 is 14.3 Å². The van der Waals surface area contributed by atoms with Gasteiger partial charge in [-0.25, -0.2) is 0 Å². The van der Waals surface area contributed by atoms with Crippen LogP contribution >= 0.6 is 0 Å². The molecule has 0 amide bonds. The van der Waals surface area contributed by atoms with Crippen LogP contribution in [0.3, 0.4) is 0 Å². The highest BCUT2D eigenvalue weighted by Gasteiger charge is 2.38. The molecule has 0 fully saturated rings. The number of esters is 1. The molecular weight excluding hydrogens is 376 g/mol. The summed E-state index contributed by atoms with van der Waals surface area (Å²) in [6.45, 7) is 3.22. The van der Waals surface area contributed by atoms with Gasteiger partial charge in [-0.05, 0) is 42.5 Å². The highest BCUT2D eigenvalue weighted by molar-refractivity contribution is 6.00. The number of dihydropyridines is 1. The van der Waals surface area contributed by atoms with Crippen LogP contribution in [0.4, 0.5) is 0 Å². The summed E-state index contributed by atoms with van der Waals surface area (Å²) in [6, 6.07) is 19.4. The first-order chi connectivity index (χ1) is 14.5. The number of ether oxygens (including phenoxy) is 1. The number of carbonyl (C=O) groups is 2. The maximum atomic E-state index is 13.3. The van der Waals surface area contributed by atoms with Crippen LogP contribution in [-0.4, -0.2) is 11.8 Å². The number of rotatable bonds is 3. The summed E-state index contributed by atoms with van der Waals surface area (Å²) in [5, 5.41) is 13.2. The number of allylic oxidation sites excluding steroid dienone is 4. The standard InChI is InChI=1S/C25H22N2O3/c1-15-21(14-26)24(18-8-10-20(11-9-18)30-16(2)28)25-22(27-15)12-19(13-23(25)29)17-6-4-3-5-7-17/h3-11,19,24,27H,12-13H2,1-2H3/t19-,24-/m1/s1. The van der Waals surface area contributed by atoms with Gasteiger partial charge in [-0.2, -0.15) is 5.26 Å². The molecule has 2 aliphatic rings. The summed E-state index contributed by atoms with van der Waals surface area (Å²) >= 11 is 0. The minimum Gasteiger partial charge on any atom is -0.427 e. The lowest BCUT2D eigenvalue weighted by molar-refractivity contribution is -0.131. The molecule has 0 aromatic heterocycles. The molecule has 5 nitrogen and oxygen atoms in total. The Morgan fingerprint density at radius 2 is 1.77 bits per heavy atom. The molecule has 0 bridgehead atoms. The lowest BCUT2D eigenvalue weighted by Crippen LogP contribution is -2.33. The van der Waals surface area contributed by atoms with E-state index in [0.717, 1.165) is 28.9 Å². The molecule has 1 aliphatic carbocycles. The smallest absolute Gasteiger partial charge is 0.308 e. The molecular formula is C25H22N2O3. The number of Topliss-reactive ketones (excluding diaryl/α,β-unsaturated/α-hetero) is 1. The average molecular weight is 398 g/mol. The summed E-state index contributed by atoms with van der Waals surface area (Å²) in [4.78, 5) is 24.5. The Morgan fingerprint density at radius 3 is 2.40 bits per heavy atom. The quantitative estimate of drug-likeness (QED) is 0.608. The number of benzene rings is 2. The van der Waals surface area contributed by atoms with Crippen molar-refractivity contribution in [3.05, 3.63) is 88.3 Å². The normalized spacial score (nSPS) is 20.9. The molecule has 1 heterocycles. The van der Waals surface area contributed by atoms with E-state index in [1.54, 1.807) is 12.1 Å². The van der Waals surface area contributed by atoms with E-state index >= 15 is 0 Å². The molecule has 0 radical (unpaired) electrons. The summed E-state index contributed by atoms with van der Waals surface area (Å²) in [5.74, 6) is -0.188. The fourth-order valence-corrected chi connectivity index (χ4v) is 4.38. The number of carbonyl (C=O) groups excluding carboxylic acids is 2. The van der Waals surface area contributed by atoms with Gasteiger partial charge >= 0.3 is 5.97 Å². The van der Waals surface area contributed by atoms with Gasteiger partial charge in [-0.15, -0.1) is 0 Å². The van der Waals surface area contributed by atoms with Crippen LogP contribution in [0.25, 0.3) is 0 Å². The Labute approximate surface area is 175 Å². The molecule has 30 heavy (non-hydrogen) atoms. The van der Waals surface area contributed by atoms with E-state index in [2.05, 4.69) is 23.5 Å². The number of nitrogens with zero attached hydrogens (tertiary/aromatic N) is 1. The van der Waals surface area contributed by atoms with Gasteiger partial charge in [0.1, 0.15) is 5.75 Å². The van der Waals surface area contributed by atoms with Crippen molar-refractivity contribution in [3.8, 4) is 11.8 Å². The zero-order valence-electron chi connectivity index (χ0n) is 16.9. The second kappa shape index (κ2) is 8.00. The number of nitriles is 1. The third kappa shape index (κ3) is 3.65. The summed E-state index contributed by atoms with van der Waals surface area (Å²) in [7, 11) is 0. The maximum absolute atomic E-state index is 13.3. The molecule has 4 rings (SSSR count). The van der Waals surface area contributed by atoms with Crippen LogP contribution in [0.2, 0.25) is 0 Å². The first kappa shape index (κ1) is 19.7. The van der Waals surface area contributed by atoms with E-state index in [1.165, 1.54) is 6.92 Å². The van der Waals surface area contributed by atoms with Crippen molar-refractivity contribution in [1.29, 1.82) is 5.26 Å². The second-order valence-electron chi connectivity index (χ2n) is 7.70. The average Bonchev–Trinajstić information content (AvgIpc) is 2.73. The minimum absolute atomic E-state index is 0.0620. The van der Waals surface area contributed by atoms with Crippen LogP contribution in [0.1, 0.15) is 49.7 Å². The molecule has 5 heteroatoms. The van der Waals surface area contributed by atoms with E-state index in [-0.39, 0.29) is 11.7 Å². The van der Waals surface area contributed by atoms with E-state index in [4.69, 9.17) is 4.74 Å². The molecule has 1 N–H and O–H groups in total. The van der Waals surface area contributed by atoms with Gasteiger partial charge in [-0.1, -0.05) is 42.5 Å². The van der Waals surface area contributed by atoms with Crippen molar-refractivity contribution in [2.75, 3.05) is 0 Å². The van der Waals surface area contributed by atoms with Crippen LogP contribution in [0.15, 0.2) is 77.1 Å². The van der Waals surface area contributed by atoms with Crippen LogP contribution in [0, 0.1) is 11.3 Å². The summed E-state index contributed by atoms with van der Waals surface area (Å²) < 4.78 is 5.11. The number of ketones is 1. The summed E-state index contributed by atoms with van der Waals surface area (Å²) in [5.41, 5.74) is 4.86. The third-order valence-corrected chi connectivity index (χ3v) is 5.69. The molecule has 2 aromatic carbocycles. The van der Waals surface area contributed by atoms with E-state index in [9.17, 15) is 14.9 Å². The molecule has 0 saturated heterocycles. The Balaban J connectivity index is 1.73. The van der Waals surface area contributed by atoms with Crippen molar-refractivity contribution in [1.82, 2.24) is 5.32 Å². The van der Waals surface area contributed by atoms with Gasteiger partial charge in [0.15, 0.2) is 5.78 Å². The Morgan fingerprint density at radius 1 is 1.07 bits per heavy atom. The first-order valence-electron chi connectivity index (χ1n) is 9.95. The SMILES string of the molecule is CC(=O)Oc1ccc([C@@H]2C(C#N)=C(C)NC3=C2C(=O)C[C@H](c2ccccc2)C3)cc1. The van der Waals surface area contributed by atoms with Gasteiger partial charge < -0.3 is 10.1 Å². The molecule has 0 unspecified atom stereocenters. The number of hydrogen-bond donors (Lipinski definition) is 1. The molecule has 150 valence electrons. The van der Waals surface area contributed by atoms with Crippen LogP contribution in [-0.2, 0) is 9.59 Å². The second-order valence-corrected chi connectivity index (χ2v) is 7.70. The van der Waals surface area contributed by atoms with Crippen LogP contribution < -0.4 is 10.1 Å². The van der Waals surface area contributed by atoms with E-state index in [0.29, 0.717) is 23.3 Å². The third-order valence-electron chi connectivity index (χ3n) is 5.69. The molecule has 2 atom stereocenters. The Bertz CT molecular complexity index is 1110. The highest BCUT2D eigenvalue weighted by Crippen LogP contribution is 2.45. The fraction of sp³-hybridized carbons (Fsp3) is 0.240. The Hall–Kier alpha value is -3.65. The van der Waals surface area contributed by atoms with Crippen molar-refractivity contribution in [2.24, 2.45) is 0 Å². The van der Waals surface area contributed by atoms with Crippen LogP contribution in [0.5, 0.6) is 5.75 Å². The molecule has 1 aliphatic heterocycles. The Kier molecular flexibility index (Phi) is 5.24. The van der Waals surface area contributed by atoms with E-state index in [1.807, 2.05) is 37.3 Å². The minimum atomic E-state index is -0.415. The lowest BCUT2D eigenvalue weighted by Gasteiger charge is -2.35. The van der Waals surface area contributed by atoms with Crippen molar-refractivity contribution in [2.45, 2.75) is 38.5 Å². The largest absolute Gasteiger partial charge is 0.427 e. The maximum Gasteiger partial charge on any atom is 0.308 e. The van der Waals surface area contributed by atoms with E-state index < -0.39 is 11.9 Å². The molecule has 0 saturated carbocycles.